The molecule has 1 aliphatic heterocycles. The van der Waals surface area contributed by atoms with Crippen molar-refractivity contribution in [2.24, 2.45) is 0 Å². The molecular weight excluding hydrogens is 338 g/mol. The van der Waals surface area contributed by atoms with Crippen LogP contribution in [0.3, 0.4) is 0 Å². The quantitative estimate of drug-likeness (QED) is 0.507. The van der Waals surface area contributed by atoms with Crippen LogP contribution in [0.1, 0.15) is 41.5 Å². The van der Waals surface area contributed by atoms with Crippen molar-refractivity contribution >= 4 is 22.9 Å². The molecule has 5 rings (SSSR count). The number of likely N-dealkylation sites (tertiary alicyclic amines) is 1. The Hall–Kier alpha value is -3.06. The average Bonchev–Trinajstić information content (AvgIpc) is 3.10. The highest BCUT2D eigenvalue weighted by molar-refractivity contribution is 6.24. The summed E-state index contributed by atoms with van der Waals surface area (Å²) in [6, 6.07) is 30.5. The summed E-state index contributed by atoms with van der Waals surface area (Å²) in [4.78, 5) is 2.62. The van der Waals surface area contributed by atoms with Gasteiger partial charge in [0.25, 0.3) is 0 Å². The third-order valence-electron chi connectivity index (χ3n) is 5.82. The van der Waals surface area contributed by atoms with Crippen LogP contribution in [0.5, 0.6) is 0 Å². The van der Waals surface area contributed by atoms with Crippen LogP contribution in [0.25, 0.3) is 22.9 Å². The molecule has 1 fully saturated rings. The number of allylic oxidation sites excluding steroid dienone is 2. The Bertz CT molecular complexity index is 1020. The molecular formula is C27H25N. The Morgan fingerprint density at radius 1 is 0.607 bits per heavy atom. The molecule has 1 saturated heterocycles. The Morgan fingerprint density at radius 3 is 1.93 bits per heavy atom. The van der Waals surface area contributed by atoms with E-state index in [0.717, 1.165) is 13.1 Å². The summed E-state index contributed by atoms with van der Waals surface area (Å²) in [5.41, 5.74) is 9.43. The molecule has 0 unspecified atom stereocenters. The summed E-state index contributed by atoms with van der Waals surface area (Å²) in [6.45, 7) is 2.30. The zero-order valence-corrected chi connectivity index (χ0v) is 16.1. The Morgan fingerprint density at radius 2 is 1.21 bits per heavy atom. The first-order valence-corrected chi connectivity index (χ1v) is 10.3. The highest BCUT2D eigenvalue weighted by Crippen LogP contribution is 2.48. The summed E-state index contributed by atoms with van der Waals surface area (Å²) in [7, 11) is 0. The summed E-state index contributed by atoms with van der Waals surface area (Å²) in [5.74, 6) is 0. The zero-order chi connectivity index (χ0) is 18.8. The Kier molecular flexibility index (Phi) is 4.58. The van der Waals surface area contributed by atoms with Gasteiger partial charge in [-0.05, 0) is 47.6 Å². The fourth-order valence-corrected chi connectivity index (χ4v) is 4.53. The molecule has 1 heteroatoms. The molecule has 3 aromatic carbocycles. The third kappa shape index (κ3) is 3.07. The van der Waals surface area contributed by atoms with Gasteiger partial charge in [0.2, 0.25) is 0 Å². The van der Waals surface area contributed by atoms with E-state index in [-0.39, 0.29) is 0 Å². The SMILES string of the molecule is C(=C1C(c2ccccc2)=C(N2CCCCC2)c2ccccc21)c1ccccc1. The van der Waals surface area contributed by atoms with Crippen LogP contribution in [0.4, 0.5) is 0 Å². The molecule has 28 heavy (non-hydrogen) atoms. The topological polar surface area (TPSA) is 3.24 Å². The maximum absolute atomic E-state index is 2.62. The minimum Gasteiger partial charge on any atom is -0.371 e. The molecule has 0 N–H and O–H groups in total. The van der Waals surface area contributed by atoms with E-state index in [1.807, 2.05) is 0 Å². The van der Waals surface area contributed by atoms with Crippen LogP contribution in [0.15, 0.2) is 84.9 Å². The van der Waals surface area contributed by atoms with Crippen LogP contribution < -0.4 is 0 Å². The minimum absolute atomic E-state index is 1.15. The first-order valence-electron chi connectivity index (χ1n) is 10.3. The Labute approximate surface area is 167 Å². The van der Waals surface area contributed by atoms with Gasteiger partial charge in [-0.25, -0.2) is 0 Å². The fourth-order valence-electron chi connectivity index (χ4n) is 4.53. The second-order valence-electron chi connectivity index (χ2n) is 7.65. The number of rotatable bonds is 3. The lowest BCUT2D eigenvalue weighted by molar-refractivity contribution is 0.327. The number of nitrogens with zero attached hydrogens (tertiary/aromatic N) is 1. The number of benzene rings is 3. The molecule has 1 nitrogen and oxygen atoms in total. The molecule has 0 atom stereocenters. The monoisotopic (exact) mass is 363 g/mol. The van der Waals surface area contributed by atoms with Gasteiger partial charge in [0.15, 0.2) is 0 Å². The summed E-state index contributed by atoms with van der Waals surface area (Å²) in [5, 5.41) is 0. The van der Waals surface area contributed by atoms with Gasteiger partial charge in [0.1, 0.15) is 0 Å². The molecule has 0 bridgehead atoms. The number of fused-ring (bicyclic) bond motifs is 1. The van der Waals surface area contributed by atoms with Crippen molar-refractivity contribution in [1.82, 2.24) is 4.90 Å². The first kappa shape index (κ1) is 17.1. The van der Waals surface area contributed by atoms with E-state index in [4.69, 9.17) is 0 Å². The largest absolute Gasteiger partial charge is 0.371 e. The van der Waals surface area contributed by atoms with Crippen molar-refractivity contribution in [3.63, 3.8) is 0 Å². The molecule has 0 radical (unpaired) electrons. The number of piperidine rings is 1. The van der Waals surface area contributed by atoms with Gasteiger partial charge in [-0.1, -0.05) is 84.9 Å². The van der Waals surface area contributed by atoms with Gasteiger partial charge in [-0.2, -0.15) is 0 Å². The van der Waals surface area contributed by atoms with E-state index < -0.39 is 0 Å². The highest BCUT2D eigenvalue weighted by atomic mass is 15.1. The van der Waals surface area contributed by atoms with Crippen LogP contribution in [-0.2, 0) is 0 Å². The summed E-state index contributed by atoms with van der Waals surface area (Å²) in [6.07, 6.45) is 6.27. The maximum Gasteiger partial charge on any atom is 0.0532 e. The van der Waals surface area contributed by atoms with E-state index >= 15 is 0 Å². The van der Waals surface area contributed by atoms with Crippen molar-refractivity contribution in [1.29, 1.82) is 0 Å². The van der Waals surface area contributed by atoms with Gasteiger partial charge >= 0.3 is 0 Å². The van der Waals surface area contributed by atoms with Crippen LogP contribution in [0.2, 0.25) is 0 Å². The standard InChI is InChI=1S/C27H25N/c1-4-12-21(13-5-1)20-25-23-16-8-9-17-24(23)27(28-18-10-3-11-19-28)26(25)22-14-6-2-7-15-22/h1-2,4-9,12-17,20H,3,10-11,18-19H2. The smallest absolute Gasteiger partial charge is 0.0532 e. The van der Waals surface area contributed by atoms with E-state index in [1.54, 1.807) is 0 Å². The molecule has 1 heterocycles. The van der Waals surface area contributed by atoms with Gasteiger partial charge < -0.3 is 4.90 Å². The van der Waals surface area contributed by atoms with E-state index in [9.17, 15) is 0 Å². The van der Waals surface area contributed by atoms with E-state index in [0.29, 0.717) is 0 Å². The average molecular weight is 364 g/mol. The molecule has 2 aliphatic rings. The lowest BCUT2D eigenvalue weighted by Crippen LogP contribution is -2.28. The van der Waals surface area contributed by atoms with Crippen molar-refractivity contribution < 1.29 is 0 Å². The summed E-state index contributed by atoms with van der Waals surface area (Å²) >= 11 is 0. The second kappa shape index (κ2) is 7.52. The molecule has 1 aliphatic carbocycles. The lowest BCUT2D eigenvalue weighted by Gasteiger charge is -2.31. The predicted molar refractivity (Wildman–Crippen MR) is 119 cm³/mol. The van der Waals surface area contributed by atoms with Crippen LogP contribution in [0, 0.1) is 0 Å². The van der Waals surface area contributed by atoms with Crippen LogP contribution >= 0.6 is 0 Å². The van der Waals surface area contributed by atoms with E-state index in [2.05, 4.69) is 95.9 Å². The van der Waals surface area contributed by atoms with E-state index in [1.165, 1.54) is 58.4 Å². The third-order valence-corrected chi connectivity index (χ3v) is 5.82. The maximum atomic E-state index is 2.62. The summed E-state index contributed by atoms with van der Waals surface area (Å²) < 4.78 is 0. The van der Waals surface area contributed by atoms with Crippen molar-refractivity contribution in [2.75, 3.05) is 13.1 Å². The van der Waals surface area contributed by atoms with Crippen molar-refractivity contribution in [2.45, 2.75) is 19.3 Å². The van der Waals surface area contributed by atoms with Gasteiger partial charge in [0.05, 0.1) is 5.70 Å². The lowest BCUT2D eigenvalue weighted by atomic mass is 9.95. The Balaban J connectivity index is 1.76. The van der Waals surface area contributed by atoms with Gasteiger partial charge in [-0.15, -0.1) is 0 Å². The number of hydrogen-bond acceptors (Lipinski definition) is 1. The molecule has 0 aromatic heterocycles. The fraction of sp³-hybridized carbons (Fsp3) is 0.185. The second-order valence-corrected chi connectivity index (χ2v) is 7.65. The van der Waals surface area contributed by atoms with Crippen molar-refractivity contribution in [3.05, 3.63) is 107 Å². The predicted octanol–water partition coefficient (Wildman–Crippen LogP) is 6.60. The molecule has 0 amide bonds. The normalized spacial score (nSPS) is 17.9. The first-order chi connectivity index (χ1) is 13.9. The molecule has 3 aromatic rings. The molecule has 0 saturated carbocycles. The highest BCUT2D eigenvalue weighted by Gasteiger charge is 2.31. The zero-order valence-electron chi connectivity index (χ0n) is 16.1. The molecule has 0 spiro atoms. The van der Waals surface area contributed by atoms with Crippen LogP contribution in [-0.4, -0.2) is 18.0 Å². The van der Waals surface area contributed by atoms with Gasteiger partial charge in [0, 0.05) is 24.2 Å². The van der Waals surface area contributed by atoms with Crippen molar-refractivity contribution in [3.8, 4) is 0 Å². The molecule has 138 valence electrons. The minimum atomic E-state index is 1.15. The number of hydrogen-bond donors (Lipinski definition) is 0. The van der Waals surface area contributed by atoms with Gasteiger partial charge in [-0.3, -0.25) is 0 Å².